The second-order valence-corrected chi connectivity index (χ2v) is 6.62. The van der Waals surface area contributed by atoms with E-state index in [0.717, 1.165) is 17.0 Å². The fourth-order valence-electron chi connectivity index (χ4n) is 3.30. The van der Waals surface area contributed by atoms with Crippen molar-refractivity contribution in [2.75, 3.05) is 0 Å². The first-order valence-corrected chi connectivity index (χ1v) is 8.97. The van der Waals surface area contributed by atoms with E-state index in [0.29, 0.717) is 11.1 Å². The molecular weight excluding hydrogens is 338 g/mol. The lowest BCUT2D eigenvalue weighted by Gasteiger charge is -2.17. The maximum atomic E-state index is 12.8. The van der Waals surface area contributed by atoms with Crippen LogP contribution in [0.2, 0.25) is 0 Å². The molecule has 0 saturated carbocycles. The molecule has 0 amide bonds. The third-order valence-corrected chi connectivity index (χ3v) is 4.72. The molecule has 0 aliphatic carbocycles. The SMILES string of the molecule is Cc1cc(C(=O)c2ccccc2)c(C)n1C(C)C(=O)OCc1ccccc1. The fraction of sp³-hybridized carbons (Fsp3) is 0.217. The smallest absolute Gasteiger partial charge is 0.329 e. The summed E-state index contributed by atoms with van der Waals surface area (Å²) in [5.41, 5.74) is 3.82. The third-order valence-electron chi connectivity index (χ3n) is 4.72. The number of hydrogen-bond donors (Lipinski definition) is 0. The summed E-state index contributed by atoms with van der Waals surface area (Å²) in [5.74, 6) is -0.362. The zero-order valence-corrected chi connectivity index (χ0v) is 15.8. The Morgan fingerprint density at radius 3 is 2.19 bits per heavy atom. The molecule has 0 aliphatic rings. The van der Waals surface area contributed by atoms with Crippen molar-refractivity contribution in [3.05, 3.63) is 94.8 Å². The van der Waals surface area contributed by atoms with Gasteiger partial charge in [-0.25, -0.2) is 4.79 Å². The van der Waals surface area contributed by atoms with Gasteiger partial charge in [-0.1, -0.05) is 60.7 Å². The third kappa shape index (κ3) is 4.00. The molecular formula is C23H23NO3. The number of carbonyl (C=O) groups excluding carboxylic acids is 2. The van der Waals surface area contributed by atoms with E-state index in [1.54, 1.807) is 19.1 Å². The Kier molecular flexibility index (Phi) is 5.55. The quantitative estimate of drug-likeness (QED) is 0.475. The van der Waals surface area contributed by atoms with Crippen molar-refractivity contribution in [1.29, 1.82) is 0 Å². The lowest BCUT2D eigenvalue weighted by Crippen LogP contribution is -2.21. The van der Waals surface area contributed by atoms with Crippen LogP contribution in [0.3, 0.4) is 0 Å². The van der Waals surface area contributed by atoms with Gasteiger partial charge in [0, 0.05) is 22.5 Å². The molecule has 1 unspecified atom stereocenters. The number of nitrogens with zero attached hydrogens (tertiary/aromatic N) is 1. The minimum absolute atomic E-state index is 0.0418. The van der Waals surface area contributed by atoms with Crippen molar-refractivity contribution in [3.63, 3.8) is 0 Å². The number of esters is 1. The van der Waals surface area contributed by atoms with E-state index >= 15 is 0 Å². The van der Waals surface area contributed by atoms with Gasteiger partial charge in [0.25, 0.3) is 0 Å². The predicted molar refractivity (Wildman–Crippen MR) is 105 cm³/mol. The summed E-state index contributed by atoms with van der Waals surface area (Å²) in [6, 6.07) is 20.1. The number of aryl methyl sites for hydroxylation is 1. The summed E-state index contributed by atoms with van der Waals surface area (Å²) < 4.78 is 7.33. The van der Waals surface area contributed by atoms with Gasteiger partial charge < -0.3 is 9.30 Å². The predicted octanol–water partition coefficient (Wildman–Crippen LogP) is 4.64. The second-order valence-electron chi connectivity index (χ2n) is 6.62. The Bertz CT molecular complexity index is 943. The van der Waals surface area contributed by atoms with Crippen molar-refractivity contribution in [2.24, 2.45) is 0 Å². The first-order valence-electron chi connectivity index (χ1n) is 8.97. The molecule has 0 spiro atoms. The van der Waals surface area contributed by atoms with E-state index in [2.05, 4.69) is 0 Å². The average molecular weight is 361 g/mol. The van der Waals surface area contributed by atoms with Crippen molar-refractivity contribution >= 4 is 11.8 Å². The zero-order valence-electron chi connectivity index (χ0n) is 15.8. The van der Waals surface area contributed by atoms with Crippen LogP contribution < -0.4 is 0 Å². The van der Waals surface area contributed by atoms with Gasteiger partial charge >= 0.3 is 5.97 Å². The van der Waals surface area contributed by atoms with Crippen LogP contribution >= 0.6 is 0 Å². The molecule has 1 heterocycles. The molecule has 2 aromatic carbocycles. The van der Waals surface area contributed by atoms with Crippen LogP contribution in [0.4, 0.5) is 0 Å². The van der Waals surface area contributed by atoms with Gasteiger partial charge in [0.2, 0.25) is 0 Å². The van der Waals surface area contributed by atoms with Gasteiger partial charge in [-0.05, 0) is 32.4 Å². The topological polar surface area (TPSA) is 48.3 Å². The number of carbonyl (C=O) groups is 2. The van der Waals surface area contributed by atoms with Gasteiger partial charge in [-0.15, -0.1) is 0 Å². The Hall–Kier alpha value is -3.14. The van der Waals surface area contributed by atoms with E-state index in [1.807, 2.05) is 73.0 Å². The summed E-state index contributed by atoms with van der Waals surface area (Å²) in [5, 5.41) is 0. The average Bonchev–Trinajstić information content (AvgIpc) is 3.00. The number of hydrogen-bond acceptors (Lipinski definition) is 3. The van der Waals surface area contributed by atoms with Gasteiger partial charge in [-0.3, -0.25) is 4.79 Å². The summed E-state index contributed by atoms with van der Waals surface area (Å²) in [7, 11) is 0. The monoisotopic (exact) mass is 361 g/mol. The number of benzene rings is 2. The van der Waals surface area contributed by atoms with Gasteiger partial charge in [-0.2, -0.15) is 0 Å². The van der Waals surface area contributed by atoms with Crippen LogP contribution in [-0.4, -0.2) is 16.3 Å². The van der Waals surface area contributed by atoms with E-state index in [1.165, 1.54) is 0 Å². The lowest BCUT2D eigenvalue weighted by atomic mass is 10.0. The molecule has 1 atom stereocenters. The molecule has 3 rings (SSSR count). The van der Waals surface area contributed by atoms with Crippen molar-refractivity contribution in [1.82, 2.24) is 4.57 Å². The molecule has 0 radical (unpaired) electrons. The van der Waals surface area contributed by atoms with Crippen molar-refractivity contribution in [3.8, 4) is 0 Å². The first-order chi connectivity index (χ1) is 13.0. The van der Waals surface area contributed by atoms with E-state index in [-0.39, 0.29) is 18.4 Å². The highest BCUT2D eigenvalue weighted by Gasteiger charge is 2.24. The standard InChI is InChI=1S/C23H23NO3/c1-16-14-21(22(25)20-12-8-5-9-13-20)17(2)24(16)18(3)23(26)27-15-19-10-6-4-7-11-19/h4-14,18H,15H2,1-3H3. The summed E-state index contributed by atoms with van der Waals surface area (Å²) >= 11 is 0. The Balaban J connectivity index is 1.79. The van der Waals surface area contributed by atoms with Crippen LogP contribution in [-0.2, 0) is 16.1 Å². The molecule has 4 heteroatoms. The van der Waals surface area contributed by atoms with Gasteiger partial charge in [0.1, 0.15) is 12.6 Å². The van der Waals surface area contributed by atoms with Gasteiger partial charge in [0.15, 0.2) is 5.78 Å². The maximum Gasteiger partial charge on any atom is 0.329 e. The number of ketones is 1. The molecule has 0 fully saturated rings. The summed E-state index contributed by atoms with van der Waals surface area (Å²) in [4.78, 5) is 25.3. The highest BCUT2D eigenvalue weighted by molar-refractivity contribution is 6.10. The molecule has 3 aromatic rings. The molecule has 27 heavy (non-hydrogen) atoms. The van der Waals surface area contributed by atoms with Crippen LogP contribution in [0.15, 0.2) is 66.7 Å². The van der Waals surface area contributed by atoms with Crippen molar-refractivity contribution < 1.29 is 14.3 Å². The molecule has 4 nitrogen and oxygen atoms in total. The minimum atomic E-state index is -0.508. The van der Waals surface area contributed by atoms with Crippen LogP contribution in [0.5, 0.6) is 0 Å². The van der Waals surface area contributed by atoms with Crippen molar-refractivity contribution in [2.45, 2.75) is 33.4 Å². The summed E-state index contributed by atoms with van der Waals surface area (Å²) in [6.07, 6.45) is 0. The first kappa shape index (κ1) is 18.6. The van der Waals surface area contributed by atoms with Crippen LogP contribution in [0, 0.1) is 13.8 Å². The van der Waals surface area contributed by atoms with E-state index < -0.39 is 6.04 Å². The Morgan fingerprint density at radius 2 is 1.56 bits per heavy atom. The second kappa shape index (κ2) is 8.04. The van der Waals surface area contributed by atoms with Crippen LogP contribution in [0.25, 0.3) is 0 Å². The zero-order chi connectivity index (χ0) is 19.4. The lowest BCUT2D eigenvalue weighted by molar-refractivity contribution is -0.148. The molecule has 0 N–H and O–H groups in total. The number of ether oxygens (including phenoxy) is 1. The molecule has 0 aliphatic heterocycles. The summed E-state index contributed by atoms with van der Waals surface area (Å²) in [6.45, 7) is 5.79. The Morgan fingerprint density at radius 1 is 0.963 bits per heavy atom. The minimum Gasteiger partial charge on any atom is -0.459 e. The van der Waals surface area contributed by atoms with Gasteiger partial charge in [0.05, 0.1) is 0 Å². The molecule has 138 valence electrons. The highest BCUT2D eigenvalue weighted by atomic mass is 16.5. The Labute approximate surface area is 159 Å². The number of aromatic nitrogens is 1. The fourth-order valence-corrected chi connectivity index (χ4v) is 3.30. The maximum absolute atomic E-state index is 12.8. The highest BCUT2D eigenvalue weighted by Crippen LogP contribution is 2.24. The van der Waals surface area contributed by atoms with E-state index in [4.69, 9.17) is 4.74 Å². The van der Waals surface area contributed by atoms with E-state index in [9.17, 15) is 9.59 Å². The normalized spacial score (nSPS) is 11.8. The number of rotatable bonds is 6. The molecule has 0 bridgehead atoms. The molecule has 1 aromatic heterocycles. The molecule has 0 saturated heterocycles. The van der Waals surface area contributed by atoms with Crippen LogP contribution in [0.1, 0.15) is 45.8 Å². The largest absolute Gasteiger partial charge is 0.459 e.